The summed E-state index contributed by atoms with van der Waals surface area (Å²) in [5.41, 5.74) is 8.16. The molecule has 0 saturated carbocycles. The first-order valence-corrected chi connectivity index (χ1v) is 14.2. The van der Waals surface area contributed by atoms with Gasteiger partial charge in [-0.05, 0) is 65.6 Å². The number of benzene rings is 3. The van der Waals surface area contributed by atoms with E-state index in [0.717, 1.165) is 53.2 Å². The van der Waals surface area contributed by atoms with Crippen molar-refractivity contribution < 1.29 is 9.59 Å². The molecule has 0 saturated heterocycles. The van der Waals surface area contributed by atoms with E-state index in [1.165, 1.54) is 11.1 Å². The van der Waals surface area contributed by atoms with Crippen molar-refractivity contribution in [3.05, 3.63) is 101 Å². The van der Waals surface area contributed by atoms with Crippen LogP contribution in [-0.4, -0.2) is 38.4 Å². The summed E-state index contributed by atoms with van der Waals surface area (Å²) in [7, 11) is 4.04. The van der Waals surface area contributed by atoms with Gasteiger partial charge in [-0.25, -0.2) is 0 Å². The molecule has 6 rings (SSSR count). The van der Waals surface area contributed by atoms with Crippen LogP contribution in [0.25, 0.3) is 0 Å². The van der Waals surface area contributed by atoms with Gasteiger partial charge in [-0.1, -0.05) is 62.4 Å². The van der Waals surface area contributed by atoms with E-state index in [-0.39, 0.29) is 35.7 Å². The highest BCUT2D eigenvalue weighted by Gasteiger charge is 2.42. The van der Waals surface area contributed by atoms with Crippen LogP contribution < -0.4 is 20.4 Å². The second kappa shape index (κ2) is 10.2. The Balaban J connectivity index is 1.40. The number of allylic oxidation sites excluding steroid dienone is 1. The third-order valence-electron chi connectivity index (χ3n) is 8.46. The van der Waals surface area contributed by atoms with Crippen molar-refractivity contribution in [2.45, 2.75) is 51.6 Å². The lowest BCUT2D eigenvalue weighted by Crippen LogP contribution is -2.45. The fraction of sp³-hybridized carbons (Fsp3) is 0.353. The number of carbonyl (C=O) groups excluding carboxylic acids is 2. The molecule has 1 atom stereocenters. The molecule has 0 aromatic heterocycles. The van der Waals surface area contributed by atoms with Gasteiger partial charge >= 0.3 is 0 Å². The molecule has 6 nitrogen and oxygen atoms in total. The van der Waals surface area contributed by atoms with Crippen LogP contribution in [0.1, 0.15) is 49.4 Å². The van der Waals surface area contributed by atoms with Gasteiger partial charge in [-0.15, -0.1) is 0 Å². The molecule has 0 fully saturated rings. The van der Waals surface area contributed by atoms with E-state index in [2.05, 4.69) is 88.9 Å². The van der Waals surface area contributed by atoms with Gasteiger partial charge in [0.05, 0.1) is 24.0 Å². The first-order valence-electron chi connectivity index (χ1n) is 14.2. The molecule has 0 spiro atoms. The average molecular weight is 535 g/mol. The largest absolute Gasteiger partial charge is 0.378 e. The summed E-state index contributed by atoms with van der Waals surface area (Å²) in [6.07, 6.45) is 2.95. The van der Waals surface area contributed by atoms with Crippen molar-refractivity contribution in [3.63, 3.8) is 0 Å². The Kier molecular flexibility index (Phi) is 6.65. The Morgan fingerprint density at radius 1 is 0.950 bits per heavy atom. The number of para-hydroxylation sites is 2. The molecule has 1 amide bonds. The third kappa shape index (κ3) is 4.99. The fourth-order valence-corrected chi connectivity index (χ4v) is 6.62. The zero-order valence-electron chi connectivity index (χ0n) is 23.8. The minimum Gasteiger partial charge on any atom is -0.378 e. The number of anilines is 3. The van der Waals surface area contributed by atoms with Crippen molar-refractivity contribution in [1.82, 2.24) is 5.32 Å². The molecule has 206 valence electrons. The Morgan fingerprint density at radius 2 is 1.60 bits per heavy atom. The van der Waals surface area contributed by atoms with Crippen LogP contribution in [0.4, 0.5) is 17.1 Å². The van der Waals surface area contributed by atoms with Crippen LogP contribution in [0.2, 0.25) is 0 Å². The molecule has 1 unspecified atom stereocenters. The average Bonchev–Trinajstić information content (AvgIpc) is 3.26. The van der Waals surface area contributed by atoms with Crippen LogP contribution in [0, 0.1) is 5.41 Å². The Hall–Kier alpha value is -4.06. The molecule has 3 aromatic carbocycles. The van der Waals surface area contributed by atoms with Crippen LogP contribution >= 0.6 is 0 Å². The van der Waals surface area contributed by atoms with Crippen molar-refractivity contribution in [2.24, 2.45) is 5.41 Å². The number of amides is 1. The van der Waals surface area contributed by atoms with Gasteiger partial charge in [0.2, 0.25) is 5.91 Å². The molecule has 2 aliphatic carbocycles. The van der Waals surface area contributed by atoms with E-state index in [0.29, 0.717) is 6.42 Å². The van der Waals surface area contributed by atoms with Gasteiger partial charge in [0, 0.05) is 43.5 Å². The molecule has 2 N–H and O–H groups in total. The highest BCUT2D eigenvalue weighted by molar-refractivity contribution is 6.02. The number of carbonyl (C=O) groups is 2. The first kappa shape index (κ1) is 26.2. The van der Waals surface area contributed by atoms with Gasteiger partial charge in [0.25, 0.3) is 0 Å². The van der Waals surface area contributed by atoms with E-state index < -0.39 is 0 Å². The Labute approximate surface area is 237 Å². The van der Waals surface area contributed by atoms with Crippen molar-refractivity contribution in [2.75, 3.05) is 35.8 Å². The first-order chi connectivity index (χ1) is 19.2. The molecule has 3 aromatic rings. The monoisotopic (exact) mass is 534 g/mol. The summed E-state index contributed by atoms with van der Waals surface area (Å²) in [5.74, 6) is 0.111. The highest BCUT2D eigenvalue weighted by Crippen LogP contribution is 2.48. The van der Waals surface area contributed by atoms with Crippen LogP contribution in [0.15, 0.2) is 84.1 Å². The SMILES string of the molecule is CN(C)c1ccc(C2C3=C(CC(C)(C)CC3=O)Nc3ccccc3N2CC(=O)NC2Cc3ccccc3C2)cc1. The maximum absolute atomic E-state index is 13.9. The van der Waals surface area contributed by atoms with Crippen LogP contribution in [0.3, 0.4) is 0 Å². The number of fused-ring (bicyclic) bond motifs is 2. The summed E-state index contributed by atoms with van der Waals surface area (Å²) in [6.45, 7) is 4.46. The fourth-order valence-electron chi connectivity index (χ4n) is 6.62. The maximum Gasteiger partial charge on any atom is 0.239 e. The van der Waals surface area contributed by atoms with Crippen molar-refractivity contribution >= 4 is 28.8 Å². The summed E-state index contributed by atoms with van der Waals surface area (Å²) < 4.78 is 0. The van der Waals surface area contributed by atoms with E-state index in [4.69, 9.17) is 0 Å². The number of hydrogen-bond acceptors (Lipinski definition) is 5. The van der Waals surface area contributed by atoms with E-state index >= 15 is 0 Å². The Morgan fingerprint density at radius 3 is 2.27 bits per heavy atom. The minimum atomic E-state index is -0.377. The van der Waals surface area contributed by atoms with Crippen molar-refractivity contribution in [1.29, 1.82) is 0 Å². The number of rotatable bonds is 5. The van der Waals surface area contributed by atoms with E-state index in [1.54, 1.807) is 0 Å². The predicted molar refractivity (Wildman–Crippen MR) is 162 cm³/mol. The van der Waals surface area contributed by atoms with Gasteiger partial charge in [0.1, 0.15) is 0 Å². The third-order valence-corrected chi connectivity index (χ3v) is 8.46. The maximum atomic E-state index is 13.9. The number of Topliss-reactive ketones (excluding diaryl/α,β-unsaturated/α-hetero) is 1. The van der Waals surface area contributed by atoms with Crippen LogP contribution in [0.5, 0.6) is 0 Å². The summed E-state index contributed by atoms with van der Waals surface area (Å²) in [5, 5.41) is 6.95. The molecule has 3 aliphatic rings. The van der Waals surface area contributed by atoms with E-state index in [1.807, 2.05) is 32.3 Å². The quantitative estimate of drug-likeness (QED) is 0.443. The zero-order chi connectivity index (χ0) is 28.0. The molecule has 0 radical (unpaired) electrons. The molecule has 6 heteroatoms. The molecule has 40 heavy (non-hydrogen) atoms. The number of nitrogens with one attached hydrogen (secondary N) is 2. The Bertz CT molecular complexity index is 1460. The number of nitrogens with zero attached hydrogens (tertiary/aromatic N) is 2. The lowest BCUT2D eigenvalue weighted by molar-refractivity contribution is -0.121. The topological polar surface area (TPSA) is 64.7 Å². The van der Waals surface area contributed by atoms with Gasteiger partial charge < -0.3 is 20.4 Å². The lowest BCUT2D eigenvalue weighted by atomic mass is 9.73. The molecular formula is C34H38N4O2. The second-order valence-corrected chi connectivity index (χ2v) is 12.4. The van der Waals surface area contributed by atoms with Gasteiger partial charge in [0.15, 0.2) is 5.78 Å². The van der Waals surface area contributed by atoms with Gasteiger partial charge in [-0.3, -0.25) is 9.59 Å². The molecule has 0 bridgehead atoms. The number of ketones is 1. The zero-order valence-corrected chi connectivity index (χ0v) is 23.8. The lowest BCUT2D eigenvalue weighted by Gasteiger charge is -2.38. The standard InChI is InChI=1S/C34H38N4O2/c1-34(2)19-28-32(30(39)20-34)33(22-13-15-26(16-14-22)37(3)4)38(29-12-8-7-11-27(29)36-28)21-31(40)35-25-17-23-9-5-6-10-24(23)18-25/h5-16,25,33,36H,17-21H2,1-4H3,(H,35,40). The highest BCUT2D eigenvalue weighted by atomic mass is 16.2. The summed E-state index contributed by atoms with van der Waals surface area (Å²) in [4.78, 5) is 31.8. The normalized spacial score (nSPS) is 19.8. The minimum absolute atomic E-state index is 0.0323. The van der Waals surface area contributed by atoms with E-state index in [9.17, 15) is 9.59 Å². The summed E-state index contributed by atoms with van der Waals surface area (Å²) >= 11 is 0. The summed E-state index contributed by atoms with van der Waals surface area (Å²) in [6, 6.07) is 24.6. The smallest absolute Gasteiger partial charge is 0.239 e. The molecule has 1 aliphatic heterocycles. The molecular weight excluding hydrogens is 496 g/mol. The van der Waals surface area contributed by atoms with Crippen LogP contribution in [-0.2, 0) is 22.4 Å². The number of hydrogen-bond donors (Lipinski definition) is 2. The predicted octanol–water partition coefficient (Wildman–Crippen LogP) is 5.65. The molecule has 1 heterocycles. The van der Waals surface area contributed by atoms with Crippen molar-refractivity contribution in [3.8, 4) is 0 Å². The second-order valence-electron chi connectivity index (χ2n) is 12.4. The van der Waals surface area contributed by atoms with Gasteiger partial charge in [-0.2, -0.15) is 0 Å².